The highest BCUT2D eigenvalue weighted by Gasteiger charge is 2.37. The van der Waals surface area contributed by atoms with Crippen molar-refractivity contribution in [1.29, 1.82) is 0 Å². The van der Waals surface area contributed by atoms with Crippen molar-refractivity contribution in [2.24, 2.45) is 0 Å². The second-order valence-electron chi connectivity index (χ2n) is 7.83. The second kappa shape index (κ2) is 9.70. The number of thiophene rings is 1. The van der Waals surface area contributed by atoms with E-state index in [-0.39, 0.29) is 37.0 Å². The van der Waals surface area contributed by atoms with Crippen LogP contribution >= 0.6 is 11.3 Å². The zero-order valence-electron chi connectivity index (χ0n) is 17.9. The van der Waals surface area contributed by atoms with E-state index in [4.69, 9.17) is 14.2 Å². The molecule has 7 nitrogen and oxygen atoms in total. The van der Waals surface area contributed by atoms with Crippen molar-refractivity contribution in [3.05, 3.63) is 46.2 Å². The zero-order valence-corrected chi connectivity index (χ0v) is 18.7. The maximum Gasteiger partial charge on any atom is 0.249 e. The summed E-state index contributed by atoms with van der Waals surface area (Å²) in [5.41, 5.74) is 1.13. The van der Waals surface area contributed by atoms with E-state index >= 15 is 0 Å². The Morgan fingerprint density at radius 3 is 2.74 bits per heavy atom. The van der Waals surface area contributed by atoms with Crippen LogP contribution in [-0.4, -0.2) is 68.2 Å². The number of carbonyl (C=O) groups excluding carboxylic acids is 2. The molecule has 166 valence electrons. The molecule has 2 aliphatic rings. The summed E-state index contributed by atoms with van der Waals surface area (Å²) in [5, 5.41) is 2.07. The van der Waals surface area contributed by atoms with Gasteiger partial charge >= 0.3 is 0 Å². The van der Waals surface area contributed by atoms with Crippen molar-refractivity contribution >= 4 is 23.2 Å². The molecule has 1 aromatic carbocycles. The summed E-state index contributed by atoms with van der Waals surface area (Å²) < 4.78 is 16.4. The van der Waals surface area contributed by atoms with Crippen LogP contribution in [-0.2, 0) is 20.7 Å². The van der Waals surface area contributed by atoms with Gasteiger partial charge in [-0.3, -0.25) is 9.59 Å². The van der Waals surface area contributed by atoms with Gasteiger partial charge in [0.25, 0.3) is 0 Å². The van der Waals surface area contributed by atoms with Crippen molar-refractivity contribution in [1.82, 2.24) is 9.80 Å². The predicted octanol–water partition coefficient (Wildman–Crippen LogP) is 2.90. The minimum absolute atomic E-state index is 0.000832. The monoisotopic (exact) mass is 444 g/mol. The fraction of sp³-hybridized carbons (Fsp3) is 0.478. The van der Waals surface area contributed by atoms with Crippen LogP contribution in [0.4, 0.5) is 0 Å². The van der Waals surface area contributed by atoms with Crippen LogP contribution < -0.4 is 9.47 Å². The maximum absolute atomic E-state index is 13.3. The lowest BCUT2D eigenvalue weighted by molar-refractivity contribution is -0.145. The van der Waals surface area contributed by atoms with Gasteiger partial charge in [-0.25, -0.2) is 0 Å². The average molecular weight is 445 g/mol. The second-order valence-corrected chi connectivity index (χ2v) is 8.83. The van der Waals surface area contributed by atoms with Crippen LogP contribution in [0.3, 0.4) is 0 Å². The number of ether oxygens (including phenoxy) is 3. The molecule has 2 aromatic rings. The van der Waals surface area contributed by atoms with Gasteiger partial charge < -0.3 is 24.0 Å². The Morgan fingerprint density at radius 2 is 2.00 bits per heavy atom. The number of amides is 2. The number of fused-ring (bicyclic) bond motifs is 1. The molecule has 2 heterocycles. The molecule has 0 saturated heterocycles. The summed E-state index contributed by atoms with van der Waals surface area (Å²) in [6.07, 6.45) is 2.71. The molecule has 8 heteroatoms. The van der Waals surface area contributed by atoms with E-state index in [0.717, 1.165) is 30.6 Å². The fourth-order valence-corrected chi connectivity index (χ4v) is 4.92. The van der Waals surface area contributed by atoms with Crippen LogP contribution in [0.25, 0.3) is 0 Å². The molecular formula is C23H28N2O5S. The van der Waals surface area contributed by atoms with Gasteiger partial charge in [0.1, 0.15) is 31.3 Å². The Bertz CT molecular complexity index is 926. The van der Waals surface area contributed by atoms with Crippen LogP contribution in [0.5, 0.6) is 11.5 Å². The quantitative estimate of drug-likeness (QED) is 0.595. The molecule has 1 aromatic heterocycles. The number of carbonyl (C=O) groups is 2. The lowest BCUT2D eigenvalue weighted by Crippen LogP contribution is -2.49. The van der Waals surface area contributed by atoms with E-state index in [1.54, 1.807) is 23.3 Å². The fourth-order valence-electron chi connectivity index (χ4n) is 3.99. The Morgan fingerprint density at radius 1 is 1.19 bits per heavy atom. The normalized spacial score (nSPS) is 17.7. The van der Waals surface area contributed by atoms with Crippen molar-refractivity contribution in [3.63, 3.8) is 0 Å². The molecular weight excluding hydrogens is 416 g/mol. The maximum atomic E-state index is 13.3. The lowest BCUT2D eigenvalue weighted by atomic mass is 10.0. The lowest BCUT2D eigenvalue weighted by Gasteiger charge is -2.37. The Labute approximate surface area is 186 Å². The van der Waals surface area contributed by atoms with E-state index < -0.39 is 0 Å². The summed E-state index contributed by atoms with van der Waals surface area (Å²) in [6, 6.07) is 9.50. The van der Waals surface area contributed by atoms with Crippen LogP contribution in [0.1, 0.15) is 29.3 Å². The molecule has 0 bridgehead atoms. The highest BCUT2D eigenvalue weighted by Crippen LogP contribution is 2.35. The summed E-state index contributed by atoms with van der Waals surface area (Å²) in [4.78, 5) is 30.6. The molecule has 31 heavy (non-hydrogen) atoms. The van der Waals surface area contributed by atoms with E-state index in [0.29, 0.717) is 18.9 Å². The zero-order chi connectivity index (χ0) is 21.8. The number of benzene rings is 1. The topological polar surface area (TPSA) is 68.3 Å². The molecule has 1 aliphatic heterocycles. The van der Waals surface area contributed by atoms with Crippen molar-refractivity contribution < 1.29 is 23.8 Å². The molecule has 1 saturated carbocycles. The molecule has 0 spiro atoms. The number of nitrogens with zero attached hydrogens (tertiary/aromatic N) is 2. The third-order valence-corrected chi connectivity index (χ3v) is 6.74. The first-order valence-electron chi connectivity index (χ1n) is 10.5. The molecule has 0 radical (unpaired) electrons. The van der Waals surface area contributed by atoms with Gasteiger partial charge in [0.05, 0.1) is 13.2 Å². The number of hydrogen-bond donors (Lipinski definition) is 0. The van der Waals surface area contributed by atoms with E-state index in [2.05, 4.69) is 11.4 Å². The van der Waals surface area contributed by atoms with Gasteiger partial charge in [0.2, 0.25) is 11.8 Å². The third-order valence-electron chi connectivity index (χ3n) is 5.75. The SMILES string of the molecule is COCC(=O)N(CC(=O)N1CCc2sccc2C1COc1cccc(OC)c1)C1CC1. The van der Waals surface area contributed by atoms with Gasteiger partial charge in [0, 0.05) is 30.6 Å². The molecule has 1 atom stereocenters. The van der Waals surface area contributed by atoms with Gasteiger partial charge in [-0.1, -0.05) is 6.07 Å². The first kappa shape index (κ1) is 21.6. The molecule has 1 unspecified atom stereocenters. The standard InChI is InChI=1S/C23H28N2O5S/c1-28-15-23(27)25(16-6-7-16)13-22(26)24-10-8-21-19(9-11-31-21)20(24)14-30-18-5-3-4-17(12-18)29-2/h3-5,9,11-12,16,20H,6-8,10,13-15H2,1-2H3. The predicted molar refractivity (Wildman–Crippen MR) is 118 cm³/mol. The summed E-state index contributed by atoms with van der Waals surface area (Å²) >= 11 is 1.72. The van der Waals surface area contributed by atoms with Gasteiger partial charge in [-0.2, -0.15) is 0 Å². The van der Waals surface area contributed by atoms with E-state index in [1.807, 2.05) is 29.2 Å². The first-order valence-corrected chi connectivity index (χ1v) is 11.4. The van der Waals surface area contributed by atoms with Crippen LogP contribution in [0, 0.1) is 0 Å². The largest absolute Gasteiger partial charge is 0.497 e. The van der Waals surface area contributed by atoms with Gasteiger partial charge in [-0.05, 0) is 48.4 Å². The first-order chi connectivity index (χ1) is 15.1. The van der Waals surface area contributed by atoms with E-state index in [1.165, 1.54) is 12.0 Å². The smallest absolute Gasteiger partial charge is 0.249 e. The highest BCUT2D eigenvalue weighted by atomic mass is 32.1. The molecule has 1 aliphatic carbocycles. The number of hydrogen-bond acceptors (Lipinski definition) is 6. The molecule has 4 rings (SSSR count). The van der Waals surface area contributed by atoms with Crippen LogP contribution in [0.2, 0.25) is 0 Å². The summed E-state index contributed by atoms with van der Waals surface area (Å²) in [5.74, 6) is 1.24. The average Bonchev–Trinajstić information content (AvgIpc) is 3.51. The van der Waals surface area contributed by atoms with E-state index in [9.17, 15) is 9.59 Å². The molecule has 2 amide bonds. The minimum Gasteiger partial charge on any atom is -0.497 e. The number of rotatable bonds is 9. The van der Waals surface area contributed by atoms with Crippen LogP contribution in [0.15, 0.2) is 35.7 Å². The Hall–Kier alpha value is -2.58. The van der Waals surface area contributed by atoms with Gasteiger partial charge in [0.15, 0.2) is 0 Å². The molecule has 0 N–H and O–H groups in total. The van der Waals surface area contributed by atoms with Gasteiger partial charge in [-0.15, -0.1) is 11.3 Å². The number of methoxy groups -OCH3 is 2. The summed E-state index contributed by atoms with van der Waals surface area (Å²) in [7, 11) is 3.12. The van der Waals surface area contributed by atoms with Crippen molar-refractivity contribution in [3.8, 4) is 11.5 Å². The highest BCUT2D eigenvalue weighted by molar-refractivity contribution is 7.10. The Balaban J connectivity index is 1.49. The Kier molecular flexibility index (Phi) is 6.77. The molecule has 1 fully saturated rings. The third kappa shape index (κ3) is 5.02. The van der Waals surface area contributed by atoms with Crippen molar-refractivity contribution in [2.45, 2.75) is 31.3 Å². The minimum atomic E-state index is -0.188. The van der Waals surface area contributed by atoms with Crippen molar-refractivity contribution in [2.75, 3.05) is 40.5 Å². The summed E-state index contributed by atoms with van der Waals surface area (Å²) in [6.45, 7) is 1.05.